The van der Waals surface area contributed by atoms with E-state index in [1.54, 1.807) is 39.1 Å². The van der Waals surface area contributed by atoms with Crippen LogP contribution in [0.3, 0.4) is 0 Å². The summed E-state index contributed by atoms with van der Waals surface area (Å²) in [7, 11) is 0. The van der Waals surface area contributed by atoms with Crippen LogP contribution < -0.4 is 0 Å². The molecule has 63 valence electrons. The number of allylic oxidation sites excluding steroid dienone is 4. The first-order valence-electron chi connectivity index (χ1n) is 3.21. The van der Waals surface area contributed by atoms with Crippen LogP contribution in [0.1, 0.15) is 27.2 Å². The summed E-state index contributed by atoms with van der Waals surface area (Å²) in [4.78, 5) is 0. The maximum atomic E-state index is 2.23. The van der Waals surface area contributed by atoms with Gasteiger partial charge in [0, 0.05) is 0 Å². The minimum absolute atomic E-state index is 0. The minimum atomic E-state index is 0. The summed E-state index contributed by atoms with van der Waals surface area (Å²) in [5.74, 6) is 0. The summed E-state index contributed by atoms with van der Waals surface area (Å²) >= 11 is 1.59. The molecule has 0 spiro atoms. The van der Waals surface area contributed by atoms with E-state index < -0.39 is 0 Å². The Bertz CT molecular complexity index is 182. The van der Waals surface area contributed by atoms with Crippen molar-refractivity contribution in [3.63, 3.8) is 0 Å². The van der Waals surface area contributed by atoms with Crippen LogP contribution in [-0.2, 0) is 24.7 Å². The van der Waals surface area contributed by atoms with Crippen molar-refractivity contribution in [1.82, 2.24) is 0 Å². The van der Waals surface area contributed by atoms with Crippen LogP contribution in [0, 0.1) is 0 Å². The molecular weight excluding hydrogens is 441 g/mol. The Labute approximate surface area is 118 Å². The zero-order valence-electron chi connectivity index (χ0n) is 7.02. The van der Waals surface area contributed by atoms with Crippen LogP contribution in [0.5, 0.6) is 0 Å². The van der Waals surface area contributed by atoms with E-state index in [-0.39, 0.29) is 48.0 Å². The monoisotopic (exact) mass is 453 g/mol. The number of halogens is 2. The van der Waals surface area contributed by atoms with E-state index in [1.165, 1.54) is 12.0 Å². The molecule has 0 aromatic carbocycles. The van der Waals surface area contributed by atoms with Gasteiger partial charge in [-0.05, 0) is 0 Å². The van der Waals surface area contributed by atoms with E-state index in [4.69, 9.17) is 0 Å². The first kappa shape index (κ1) is 15.3. The molecule has 3 heteroatoms. The van der Waals surface area contributed by atoms with Gasteiger partial charge in [-0.2, -0.15) is 0 Å². The topological polar surface area (TPSA) is 0 Å². The smallest absolute Gasteiger partial charge is 0.107 e. The van der Waals surface area contributed by atoms with Crippen molar-refractivity contribution < 1.29 is 24.7 Å². The van der Waals surface area contributed by atoms with Gasteiger partial charge in [-0.15, -0.1) is 48.0 Å². The van der Waals surface area contributed by atoms with Crippen LogP contribution in [-0.4, -0.2) is 0 Å². The largest absolute Gasteiger partial charge is 0.107 e. The molecule has 0 nitrogen and oxygen atoms in total. The molecule has 0 fully saturated rings. The third-order valence-electron chi connectivity index (χ3n) is 2.10. The first-order valence-corrected chi connectivity index (χ1v) is 4.44. The Morgan fingerprint density at radius 2 is 1.45 bits per heavy atom. The molecule has 0 bridgehead atoms. The summed E-state index contributed by atoms with van der Waals surface area (Å²) in [6, 6.07) is 0. The zero-order valence-corrected chi connectivity index (χ0v) is 14.1. The van der Waals surface area contributed by atoms with Crippen molar-refractivity contribution in [2.24, 2.45) is 0 Å². The molecule has 0 saturated carbocycles. The van der Waals surface area contributed by atoms with Gasteiger partial charge in [-0.1, -0.05) is 0 Å². The molecule has 0 aromatic heterocycles. The Morgan fingerprint density at radius 1 is 1.00 bits per heavy atom. The summed E-state index contributed by atoms with van der Waals surface area (Å²) in [6.45, 7) is 6.69. The van der Waals surface area contributed by atoms with Gasteiger partial charge < -0.3 is 0 Å². The number of hydrogen-bond acceptors (Lipinski definition) is 0. The van der Waals surface area contributed by atoms with Gasteiger partial charge in [0.15, 0.2) is 0 Å². The molecule has 1 aliphatic rings. The molecule has 0 heterocycles. The van der Waals surface area contributed by atoms with E-state index in [9.17, 15) is 0 Å². The Balaban J connectivity index is 0. The van der Waals surface area contributed by atoms with E-state index in [2.05, 4.69) is 20.8 Å². The van der Waals surface area contributed by atoms with Gasteiger partial charge in [0.1, 0.15) is 0 Å². The van der Waals surface area contributed by atoms with Crippen molar-refractivity contribution in [3.8, 4) is 0 Å². The molecule has 0 unspecified atom stereocenters. The van der Waals surface area contributed by atoms with E-state index in [0.717, 1.165) is 0 Å². The molecule has 0 N–H and O–H groups in total. The summed E-state index contributed by atoms with van der Waals surface area (Å²) in [5, 5.41) is 0. The molecule has 0 aromatic rings. The quantitative estimate of drug-likeness (QED) is 0.489. The number of rotatable bonds is 0. The van der Waals surface area contributed by atoms with Gasteiger partial charge >= 0.3 is 71.9 Å². The fourth-order valence-electron chi connectivity index (χ4n) is 1.08. The van der Waals surface area contributed by atoms with E-state index in [1.807, 2.05) is 0 Å². The van der Waals surface area contributed by atoms with Crippen LogP contribution in [0.25, 0.3) is 0 Å². The van der Waals surface area contributed by atoms with Crippen LogP contribution in [0.4, 0.5) is 0 Å². The number of hydrogen-bond donors (Lipinski definition) is 0. The van der Waals surface area contributed by atoms with Crippen LogP contribution in [0.15, 0.2) is 20.0 Å². The predicted octanol–water partition coefficient (Wildman–Crippen LogP) is 3.78. The van der Waals surface area contributed by atoms with Gasteiger partial charge in [0.2, 0.25) is 0 Å². The fourth-order valence-corrected chi connectivity index (χ4v) is 2.19. The molecule has 1 rings (SSSR count). The molecule has 1 aliphatic carbocycles. The Kier molecular flexibility index (Phi) is 8.77. The van der Waals surface area contributed by atoms with Crippen molar-refractivity contribution >= 4 is 48.0 Å². The molecule has 0 saturated heterocycles. The van der Waals surface area contributed by atoms with Gasteiger partial charge in [-0.3, -0.25) is 0 Å². The zero-order chi connectivity index (χ0) is 7.02. The maximum Gasteiger partial charge on any atom is -0.107 e. The van der Waals surface area contributed by atoms with E-state index in [0.29, 0.717) is 0 Å². The normalized spacial score (nSPS) is 16.2. The van der Waals surface area contributed by atoms with Gasteiger partial charge in [0.25, 0.3) is 0 Å². The maximum absolute atomic E-state index is 2.23. The molecular formula is C8H13I2Zr. The van der Waals surface area contributed by atoms with Crippen LogP contribution in [0.2, 0.25) is 0 Å². The second kappa shape index (κ2) is 6.30. The molecule has 0 radical (unpaired) electrons. The molecule has 0 aliphatic heterocycles. The Hall–Kier alpha value is 1.82. The summed E-state index contributed by atoms with van der Waals surface area (Å²) < 4.78 is 1.64. The average molecular weight is 454 g/mol. The second-order valence-corrected chi connectivity index (χ2v) is 4.17. The van der Waals surface area contributed by atoms with E-state index >= 15 is 0 Å². The molecule has 11 heavy (non-hydrogen) atoms. The van der Waals surface area contributed by atoms with Crippen molar-refractivity contribution in [2.75, 3.05) is 0 Å². The SMILES string of the molecule is CC1=C(C)C(C)=[C]([Zr])C1.I.I. The molecule has 0 atom stereocenters. The minimum Gasteiger partial charge on any atom is -0.107 e. The fraction of sp³-hybridized carbons (Fsp3) is 0.500. The van der Waals surface area contributed by atoms with Gasteiger partial charge in [-0.25, -0.2) is 0 Å². The second-order valence-electron chi connectivity index (χ2n) is 2.69. The third-order valence-corrected chi connectivity index (χ3v) is 3.45. The summed E-state index contributed by atoms with van der Waals surface area (Å²) in [5.41, 5.74) is 4.65. The standard InChI is InChI=1S/C8H11.2HI.Zr/c1-6-4-5-7(2)8(6)3;;;/h4H2,1-3H3;2*1H;. The molecule has 0 amide bonds. The Morgan fingerprint density at radius 3 is 1.55 bits per heavy atom. The van der Waals surface area contributed by atoms with Crippen molar-refractivity contribution in [2.45, 2.75) is 27.2 Å². The van der Waals surface area contributed by atoms with Crippen LogP contribution >= 0.6 is 48.0 Å². The third kappa shape index (κ3) is 3.59. The summed E-state index contributed by atoms with van der Waals surface area (Å²) in [6.07, 6.45) is 1.25. The van der Waals surface area contributed by atoms with Crippen molar-refractivity contribution in [1.29, 1.82) is 0 Å². The first-order chi connectivity index (χ1) is 4.13. The van der Waals surface area contributed by atoms with Crippen molar-refractivity contribution in [3.05, 3.63) is 20.0 Å². The van der Waals surface area contributed by atoms with Gasteiger partial charge in [0.05, 0.1) is 0 Å². The predicted molar refractivity (Wildman–Crippen MR) is 66.5 cm³/mol. The average Bonchev–Trinajstić information content (AvgIpc) is 1.98.